The van der Waals surface area contributed by atoms with Crippen molar-refractivity contribution in [2.45, 2.75) is 64.7 Å². The lowest BCUT2D eigenvalue weighted by Crippen LogP contribution is -1.96. The molecule has 0 bridgehead atoms. The zero-order chi connectivity index (χ0) is 7.94. The first-order chi connectivity index (χ1) is 5.39. The molecule has 0 aromatic carbocycles. The minimum atomic E-state index is 0. The first kappa shape index (κ1) is 12.0. The lowest BCUT2D eigenvalue weighted by Gasteiger charge is -2.12. The molecule has 1 aliphatic rings. The van der Waals surface area contributed by atoms with Gasteiger partial charge in [0.05, 0.1) is 0 Å². The Labute approximate surface area is 77.5 Å². The molecular formula is C11H25N. The highest BCUT2D eigenvalue weighted by molar-refractivity contribution is 4.57. The van der Waals surface area contributed by atoms with Gasteiger partial charge >= 0.3 is 0 Å². The summed E-state index contributed by atoms with van der Waals surface area (Å²) in [7, 11) is 0. The Bertz CT molecular complexity index is 81.0. The van der Waals surface area contributed by atoms with E-state index in [9.17, 15) is 0 Å². The zero-order valence-corrected chi connectivity index (χ0v) is 8.65. The van der Waals surface area contributed by atoms with Crippen molar-refractivity contribution < 1.29 is 0 Å². The van der Waals surface area contributed by atoms with Gasteiger partial charge in [-0.25, -0.2) is 0 Å². The van der Waals surface area contributed by atoms with E-state index in [0.29, 0.717) is 0 Å². The standard InChI is InChI=1S/C11H22.H3N/c1-11-9-7-5-3-2-4-6-8-10-11;/h11H,2-10H2,1H3;1H3. The van der Waals surface area contributed by atoms with Crippen molar-refractivity contribution >= 4 is 0 Å². The van der Waals surface area contributed by atoms with Crippen LogP contribution in [0.2, 0.25) is 0 Å². The van der Waals surface area contributed by atoms with Gasteiger partial charge in [0.2, 0.25) is 0 Å². The molecule has 0 atom stereocenters. The van der Waals surface area contributed by atoms with E-state index in [1.165, 1.54) is 57.8 Å². The second-order valence-corrected chi connectivity index (χ2v) is 4.16. The third kappa shape index (κ3) is 5.59. The largest absolute Gasteiger partial charge is 0.344 e. The maximum Gasteiger partial charge on any atom is -0.0443 e. The molecule has 1 fully saturated rings. The summed E-state index contributed by atoms with van der Waals surface area (Å²) in [6, 6.07) is 0. The summed E-state index contributed by atoms with van der Waals surface area (Å²) in [5.41, 5.74) is 0. The Hall–Kier alpha value is -0.0400. The van der Waals surface area contributed by atoms with Crippen LogP contribution in [0.4, 0.5) is 0 Å². The third-order valence-corrected chi connectivity index (χ3v) is 2.89. The van der Waals surface area contributed by atoms with Crippen molar-refractivity contribution in [2.24, 2.45) is 5.92 Å². The molecule has 0 aromatic rings. The highest BCUT2D eigenvalue weighted by atomic mass is 14.1. The van der Waals surface area contributed by atoms with Crippen LogP contribution in [0.5, 0.6) is 0 Å². The molecule has 3 N–H and O–H groups in total. The van der Waals surface area contributed by atoms with Crippen molar-refractivity contribution in [1.29, 1.82) is 0 Å². The Morgan fingerprint density at radius 2 is 1.00 bits per heavy atom. The van der Waals surface area contributed by atoms with Gasteiger partial charge in [-0.2, -0.15) is 0 Å². The van der Waals surface area contributed by atoms with Crippen molar-refractivity contribution in [1.82, 2.24) is 6.15 Å². The van der Waals surface area contributed by atoms with Gasteiger partial charge in [0.25, 0.3) is 0 Å². The Balaban J connectivity index is 0.00000121. The summed E-state index contributed by atoms with van der Waals surface area (Å²) in [6.45, 7) is 2.42. The molecule has 0 aliphatic heterocycles. The van der Waals surface area contributed by atoms with Crippen molar-refractivity contribution in [2.75, 3.05) is 0 Å². The Morgan fingerprint density at radius 1 is 0.667 bits per heavy atom. The van der Waals surface area contributed by atoms with Gasteiger partial charge in [-0.3, -0.25) is 0 Å². The molecule has 74 valence electrons. The minimum absolute atomic E-state index is 0. The molecule has 1 rings (SSSR count). The molecule has 1 saturated carbocycles. The summed E-state index contributed by atoms with van der Waals surface area (Å²) < 4.78 is 0. The fraction of sp³-hybridized carbons (Fsp3) is 1.00. The molecule has 12 heavy (non-hydrogen) atoms. The number of hydrogen-bond donors (Lipinski definition) is 1. The van der Waals surface area contributed by atoms with E-state index < -0.39 is 0 Å². The molecule has 0 aromatic heterocycles. The molecule has 1 nitrogen and oxygen atoms in total. The van der Waals surface area contributed by atoms with Crippen LogP contribution in [0.1, 0.15) is 64.7 Å². The van der Waals surface area contributed by atoms with Crippen molar-refractivity contribution in [3.8, 4) is 0 Å². The first-order valence-electron chi connectivity index (χ1n) is 5.39. The van der Waals surface area contributed by atoms with E-state index >= 15 is 0 Å². The summed E-state index contributed by atoms with van der Waals surface area (Å²) in [5.74, 6) is 1.01. The molecule has 0 radical (unpaired) electrons. The lowest BCUT2D eigenvalue weighted by molar-refractivity contribution is 0.414. The maximum atomic E-state index is 2.42. The second-order valence-electron chi connectivity index (χ2n) is 4.16. The number of hydrogen-bond acceptors (Lipinski definition) is 1. The molecule has 1 heteroatoms. The molecule has 0 spiro atoms. The zero-order valence-electron chi connectivity index (χ0n) is 8.65. The molecular weight excluding hydrogens is 146 g/mol. The third-order valence-electron chi connectivity index (χ3n) is 2.89. The monoisotopic (exact) mass is 171 g/mol. The van der Waals surface area contributed by atoms with Crippen LogP contribution in [0, 0.1) is 5.92 Å². The van der Waals surface area contributed by atoms with Gasteiger partial charge in [-0.1, -0.05) is 64.7 Å². The van der Waals surface area contributed by atoms with Gasteiger partial charge in [-0.15, -0.1) is 0 Å². The summed E-state index contributed by atoms with van der Waals surface area (Å²) in [4.78, 5) is 0. The second kappa shape index (κ2) is 7.60. The van der Waals surface area contributed by atoms with Crippen LogP contribution in [-0.4, -0.2) is 0 Å². The minimum Gasteiger partial charge on any atom is -0.344 e. The fourth-order valence-corrected chi connectivity index (χ4v) is 2.01. The summed E-state index contributed by atoms with van der Waals surface area (Å²) >= 11 is 0. The van der Waals surface area contributed by atoms with Crippen LogP contribution < -0.4 is 6.15 Å². The molecule has 0 unspecified atom stereocenters. The van der Waals surface area contributed by atoms with Gasteiger partial charge in [0.1, 0.15) is 0 Å². The predicted molar refractivity (Wildman–Crippen MR) is 55.7 cm³/mol. The highest BCUT2D eigenvalue weighted by Gasteiger charge is 2.03. The average Bonchev–Trinajstić information content (AvgIpc) is 2.03. The number of rotatable bonds is 0. The molecule has 0 amide bonds. The van der Waals surface area contributed by atoms with Gasteiger partial charge in [-0.05, 0) is 5.92 Å². The predicted octanol–water partition coefficient (Wildman–Crippen LogP) is 4.31. The van der Waals surface area contributed by atoms with Crippen LogP contribution >= 0.6 is 0 Å². The normalized spacial score (nSPS) is 22.8. The van der Waals surface area contributed by atoms with Crippen molar-refractivity contribution in [3.63, 3.8) is 0 Å². The van der Waals surface area contributed by atoms with Crippen LogP contribution in [-0.2, 0) is 0 Å². The van der Waals surface area contributed by atoms with E-state index in [2.05, 4.69) is 6.92 Å². The average molecular weight is 171 g/mol. The fourth-order valence-electron chi connectivity index (χ4n) is 2.01. The molecule has 1 aliphatic carbocycles. The van der Waals surface area contributed by atoms with Gasteiger partial charge < -0.3 is 6.15 Å². The Morgan fingerprint density at radius 3 is 1.42 bits per heavy atom. The SMILES string of the molecule is CC1CCCCCCCCC1.N. The van der Waals surface area contributed by atoms with Gasteiger partial charge in [0.15, 0.2) is 0 Å². The van der Waals surface area contributed by atoms with E-state index in [4.69, 9.17) is 0 Å². The quantitative estimate of drug-likeness (QED) is 0.579. The van der Waals surface area contributed by atoms with Crippen LogP contribution in [0.3, 0.4) is 0 Å². The molecule has 0 saturated heterocycles. The highest BCUT2D eigenvalue weighted by Crippen LogP contribution is 2.20. The van der Waals surface area contributed by atoms with Crippen LogP contribution in [0.15, 0.2) is 0 Å². The van der Waals surface area contributed by atoms with E-state index in [1.807, 2.05) is 0 Å². The van der Waals surface area contributed by atoms with E-state index in [0.717, 1.165) is 5.92 Å². The topological polar surface area (TPSA) is 35.0 Å². The van der Waals surface area contributed by atoms with Crippen molar-refractivity contribution in [3.05, 3.63) is 0 Å². The van der Waals surface area contributed by atoms with E-state index in [1.54, 1.807) is 0 Å². The Kier molecular flexibility index (Phi) is 7.58. The first-order valence-corrected chi connectivity index (χ1v) is 5.39. The summed E-state index contributed by atoms with van der Waals surface area (Å²) in [6.07, 6.45) is 13.4. The summed E-state index contributed by atoms with van der Waals surface area (Å²) in [5, 5.41) is 0. The maximum absolute atomic E-state index is 2.42. The molecule has 0 heterocycles. The smallest absolute Gasteiger partial charge is 0.0443 e. The van der Waals surface area contributed by atoms with Gasteiger partial charge in [0, 0.05) is 0 Å². The lowest BCUT2D eigenvalue weighted by atomic mass is 9.94. The van der Waals surface area contributed by atoms with Crippen LogP contribution in [0.25, 0.3) is 0 Å². The van der Waals surface area contributed by atoms with E-state index in [-0.39, 0.29) is 6.15 Å².